The van der Waals surface area contributed by atoms with Crippen molar-refractivity contribution in [2.45, 2.75) is 118 Å². The molecule has 0 heterocycles. The molecule has 52 heavy (non-hydrogen) atoms. The Kier molecular flexibility index (Phi) is 19.9. The van der Waals surface area contributed by atoms with Gasteiger partial charge in [-0.15, -0.1) is 0 Å². The normalized spacial score (nSPS) is 14.2. The number of carboxylic acid groups (broad SMARTS) is 1. The Labute approximate surface area is 321 Å². The average Bonchev–Trinajstić information content (AvgIpc) is 3.09. The second-order valence-corrected chi connectivity index (χ2v) is 17.8. The van der Waals surface area contributed by atoms with Gasteiger partial charge < -0.3 is 35.5 Å². The van der Waals surface area contributed by atoms with E-state index in [2.05, 4.69) is 16.0 Å². The molecule has 294 valence electrons. The Morgan fingerprint density at radius 1 is 0.962 bits per heavy atom. The maximum absolute atomic E-state index is 13.9. The minimum absolute atomic E-state index is 0.0187. The molecule has 1 aromatic carbocycles. The van der Waals surface area contributed by atoms with Gasteiger partial charge in [-0.25, -0.2) is 4.79 Å². The molecule has 1 rings (SSSR count). The fraction of sp³-hybridized carbons (Fsp3) is 0.667. The molecule has 0 aliphatic rings. The van der Waals surface area contributed by atoms with Crippen LogP contribution in [0.3, 0.4) is 0 Å². The Hall–Kier alpha value is -3.03. The topological polar surface area (TPSA) is 154 Å². The van der Waals surface area contributed by atoms with Crippen molar-refractivity contribution in [1.29, 1.82) is 0 Å². The standard InChI is InChI=1S/C39H64N4O7S2/c1-26(2)31(25-27(3)37(48)49)43(11)36(47)34(38(5,6)7)42-35(46)33(40-10)39(8,9)29-16-18-30(19-17-29)50-22-24-52-51-23-20-32(45)41-21-14-12-13-15-28(4)44/h16-19,25-26,31,33-34,40H,12-15,20-24H2,1-11H3,(H,41,45)(H,42,46)(H,48,49)/b27-25+/t31-,33-,34-/m1/s1/i4T. The van der Waals surface area contributed by atoms with E-state index in [1.165, 1.54) is 11.8 Å². The smallest absolute Gasteiger partial charge is 0.331 e. The number of carbonyl (C=O) groups excluding carboxylic acids is 4. The minimum atomic E-state index is -1.04. The van der Waals surface area contributed by atoms with Gasteiger partial charge in [-0.05, 0) is 62.7 Å². The van der Waals surface area contributed by atoms with Crippen LogP contribution in [0.5, 0.6) is 5.75 Å². The van der Waals surface area contributed by atoms with Gasteiger partial charge >= 0.3 is 5.97 Å². The van der Waals surface area contributed by atoms with Crippen LogP contribution in [-0.2, 0) is 29.4 Å². The van der Waals surface area contributed by atoms with Crippen molar-refractivity contribution in [1.82, 2.24) is 20.9 Å². The van der Waals surface area contributed by atoms with Crippen LogP contribution in [0.1, 0.15) is 101 Å². The lowest BCUT2D eigenvalue weighted by atomic mass is 9.76. The number of hydrogen-bond acceptors (Lipinski definition) is 9. The third-order valence-corrected chi connectivity index (χ3v) is 11.3. The molecule has 11 nitrogen and oxygen atoms in total. The molecule has 3 amide bonds. The van der Waals surface area contributed by atoms with Crippen LogP contribution in [-0.4, -0.2) is 96.4 Å². The Balaban J connectivity index is 2.71. The van der Waals surface area contributed by atoms with E-state index >= 15 is 0 Å². The van der Waals surface area contributed by atoms with Gasteiger partial charge in [-0.2, -0.15) is 0 Å². The van der Waals surface area contributed by atoms with Gasteiger partial charge in [0.05, 0.1) is 18.7 Å². The third kappa shape index (κ3) is 16.3. The van der Waals surface area contributed by atoms with Gasteiger partial charge in [0.15, 0.2) is 0 Å². The molecular weight excluding hydrogens is 701 g/mol. The number of rotatable bonds is 24. The summed E-state index contributed by atoms with van der Waals surface area (Å²) in [6.07, 6.45) is 4.92. The van der Waals surface area contributed by atoms with Gasteiger partial charge in [0.2, 0.25) is 17.7 Å². The summed E-state index contributed by atoms with van der Waals surface area (Å²) in [5, 5.41) is 18.5. The van der Waals surface area contributed by atoms with Crippen LogP contribution < -0.4 is 20.7 Å². The van der Waals surface area contributed by atoms with Crippen LogP contribution >= 0.6 is 21.6 Å². The summed E-state index contributed by atoms with van der Waals surface area (Å²) in [5.74, 6) is 0.404. The largest absolute Gasteiger partial charge is 0.493 e. The Morgan fingerprint density at radius 2 is 1.60 bits per heavy atom. The quantitative estimate of drug-likeness (QED) is 0.0559. The average molecular weight is 767 g/mol. The lowest BCUT2D eigenvalue weighted by Gasteiger charge is -2.40. The first-order valence-corrected chi connectivity index (χ1v) is 20.5. The molecule has 0 unspecified atom stereocenters. The van der Waals surface area contributed by atoms with E-state index in [1.54, 1.807) is 41.8 Å². The van der Waals surface area contributed by atoms with Crippen LogP contribution in [0.2, 0.25) is 0 Å². The van der Waals surface area contributed by atoms with Crippen LogP contribution in [0.15, 0.2) is 35.9 Å². The third-order valence-electron chi connectivity index (χ3n) is 8.89. The number of nitrogens with zero attached hydrogens (tertiary/aromatic N) is 1. The number of hydrogen-bond donors (Lipinski definition) is 4. The number of nitrogens with one attached hydrogen (secondary N) is 3. The number of ether oxygens (including phenoxy) is 1. The van der Waals surface area contributed by atoms with Crippen molar-refractivity contribution >= 4 is 51.1 Å². The van der Waals surface area contributed by atoms with Gasteiger partial charge in [0.25, 0.3) is 0 Å². The van der Waals surface area contributed by atoms with Crippen LogP contribution in [0.25, 0.3) is 0 Å². The summed E-state index contributed by atoms with van der Waals surface area (Å²) in [6, 6.07) is 5.62. The molecule has 0 aliphatic heterocycles. The van der Waals surface area contributed by atoms with Crippen molar-refractivity contribution in [3.05, 3.63) is 41.5 Å². The first kappa shape index (κ1) is 45.1. The van der Waals surface area contributed by atoms with Crippen molar-refractivity contribution in [3.8, 4) is 5.75 Å². The summed E-state index contributed by atoms with van der Waals surface area (Å²) in [6.45, 7) is 15.9. The van der Waals surface area contributed by atoms with Crippen molar-refractivity contribution < 1.29 is 35.2 Å². The predicted molar refractivity (Wildman–Crippen MR) is 214 cm³/mol. The molecule has 0 saturated carbocycles. The van der Waals surface area contributed by atoms with Crippen LogP contribution in [0.4, 0.5) is 0 Å². The lowest BCUT2D eigenvalue weighted by molar-refractivity contribution is -0.141. The molecule has 0 radical (unpaired) electrons. The van der Waals surface area contributed by atoms with E-state index in [-0.39, 0.29) is 41.9 Å². The molecule has 0 aliphatic carbocycles. The second kappa shape index (κ2) is 22.9. The molecular formula is C39H64N4O7S2. The molecule has 0 fully saturated rings. The van der Waals surface area contributed by atoms with E-state index in [0.29, 0.717) is 37.5 Å². The summed E-state index contributed by atoms with van der Waals surface area (Å²) in [5.41, 5.74) is -0.239. The second-order valence-electron chi connectivity index (χ2n) is 15.1. The van der Waals surface area contributed by atoms with E-state index in [9.17, 15) is 29.1 Å². The van der Waals surface area contributed by atoms with E-state index < -0.39 is 34.9 Å². The highest BCUT2D eigenvalue weighted by molar-refractivity contribution is 8.76. The van der Waals surface area contributed by atoms with Gasteiger partial charge in [0.1, 0.15) is 17.6 Å². The molecule has 4 N–H and O–H groups in total. The highest BCUT2D eigenvalue weighted by Crippen LogP contribution is 2.31. The van der Waals surface area contributed by atoms with E-state index in [1.807, 2.05) is 72.7 Å². The maximum atomic E-state index is 13.9. The highest BCUT2D eigenvalue weighted by atomic mass is 33.1. The van der Waals surface area contributed by atoms with Crippen molar-refractivity contribution in [3.63, 3.8) is 0 Å². The Bertz CT molecular complexity index is 1370. The van der Waals surface area contributed by atoms with Crippen molar-refractivity contribution in [2.24, 2.45) is 11.3 Å². The molecule has 0 spiro atoms. The number of Topliss-reactive ketones (excluding diaryl/α,β-unsaturated/α-hetero) is 1. The zero-order valence-electron chi connectivity index (χ0n) is 33.9. The lowest BCUT2D eigenvalue weighted by Crippen LogP contribution is -2.61. The highest BCUT2D eigenvalue weighted by Gasteiger charge is 2.41. The number of unbranched alkanes of at least 4 members (excludes halogenated alkanes) is 2. The van der Waals surface area contributed by atoms with E-state index in [4.69, 9.17) is 6.11 Å². The number of benzene rings is 1. The number of carbonyl (C=O) groups is 5. The fourth-order valence-corrected chi connectivity index (χ4v) is 7.47. The number of aliphatic carboxylic acids is 1. The number of carboxylic acids is 1. The summed E-state index contributed by atoms with van der Waals surface area (Å²) < 4.78 is 13.0. The summed E-state index contributed by atoms with van der Waals surface area (Å²) in [7, 11) is 6.64. The molecule has 0 saturated heterocycles. The zero-order valence-corrected chi connectivity index (χ0v) is 34.6. The SMILES string of the molecule is [3H]CC(=O)CCCCCNC(=O)CCSSCCOc1ccc(C(C)(C)[C@H](NC)C(=O)N[C@H](C(=O)N(C)[C@H](/C=C(\C)C(=O)O)C(C)C)C(C)(C)C)cc1. The molecule has 0 bridgehead atoms. The maximum Gasteiger partial charge on any atom is 0.331 e. The first-order chi connectivity index (χ1) is 24.8. The van der Waals surface area contributed by atoms with Gasteiger partial charge in [-0.1, -0.05) is 94.7 Å². The minimum Gasteiger partial charge on any atom is -0.493 e. The molecule has 1 aromatic rings. The number of amides is 3. The Morgan fingerprint density at radius 3 is 2.15 bits per heavy atom. The monoisotopic (exact) mass is 766 g/mol. The number of likely N-dealkylation sites (N-methyl/N-ethyl adjacent to an activating group) is 2. The molecule has 13 heteroatoms. The fourth-order valence-electron chi connectivity index (χ4n) is 5.66. The van der Waals surface area contributed by atoms with Gasteiger partial charge in [0, 0.05) is 50.3 Å². The van der Waals surface area contributed by atoms with Gasteiger partial charge in [-0.3, -0.25) is 14.4 Å². The number of ketones is 1. The predicted octanol–water partition coefficient (Wildman–Crippen LogP) is 6.01. The zero-order chi connectivity index (χ0) is 40.4. The first-order valence-electron chi connectivity index (χ1n) is 18.7. The van der Waals surface area contributed by atoms with Crippen molar-refractivity contribution in [2.75, 3.05) is 38.8 Å². The summed E-state index contributed by atoms with van der Waals surface area (Å²) >= 11 is 0. The van der Waals surface area contributed by atoms with Crippen LogP contribution in [0, 0.1) is 11.3 Å². The summed E-state index contributed by atoms with van der Waals surface area (Å²) in [4.78, 5) is 64.1. The molecule has 3 atom stereocenters. The molecule has 0 aromatic heterocycles. The van der Waals surface area contributed by atoms with E-state index in [0.717, 1.165) is 30.6 Å².